The molecular formula is C13H19ClN2. The molecule has 0 amide bonds. The Morgan fingerprint density at radius 2 is 2.12 bits per heavy atom. The Balaban J connectivity index is 2.19. The van der Waals surface area contributed by atoms with Crippen LogP contribution < -0.4 is 10.2 Å². The Labute approximate surface area is 103 Å². The Bertz CT molecular complexity index is 357. The average Bonchev–Trinajstić information content (AvgIpc) is 2.29. The number of hydrogen-bond donors (Lipinski definition) is 1. The first-order valence-electron chi connectivity index (χ1n) is 5.88. The second-order valence-electron chi connectivity index (χ2n) is 4.61. The van der Waals surface area contributed by atoms with Crippen molar-refractivity contribution in [3.8, 4) is 0 Å². The number of piperidine rings is 1. The van der Waals surface area contributed by atoms with E-state index in [4.69, 9.17) is 11.6 Å². The molecule has 1 atom stereocenters. The summed E-state index contributed by atoms with van der Waals surface area (Å²) < 4.78 is 0. The molecular weight excluding hydrogens is 220 g/mol. The Kier molecular flexibility index (Phi) is 3.72. The van der Waals surface area contributed by atoms with Crippen LogP contribution in [0.15, 0.2) is 18.2 Å². The zero-order valence-electron chi connectivity index (χ0n) is 9.96. The van der Waals surface area contributed by atoms with Crippen LogP contribution in [-0.4, -0.2) is 20.6 Å². The highest BCUT2D eigenvalue weighted by atomic mass is 35.5. The van der Waals surface area contributed by atoms with Gasteiger partial charge in [-0.15, -0.1) is 0 Å². The van der Waals surface area contributed by atoms with Gasteiger partial charge in [0.25, 0.3) is 0 Å². The van der Waals surface area contributed by atoms with Crippen molar-refractivity contribution < 1.29 is 0 Å². The van der Waals surface area contributed by atoms with Crippen LogP contribution in [0, 0.1) is 0 Å². The van der Waals surface area contributed by atoms with Gasteiger partial charge in [0.15, 0.2) is 0 Å². The molecule has 0 radical (unpaired) electrons. The summed E-state index contributed by atoms with van der Waals surface area (Å²) in [6.45, 7) is 1.12. The van der Waals surface area contributed by atoms with Crippen molar-refractivity contribution in [2.24, 2.45) is 0 Å². The molecule has 88 valence electrons. The molecule has 1 unspecified atom stereocenters. The summed E-state index contributed by atoms with van der Waals surface area (Å²) in [6.07, 6.45) is 3.82. The number of nitrogens with one attached hydrogen (secondary N) is 1. The van der Waals surface area contributed by atoms with Gasteiger partial charge in [-0.1, -0.05) is 24.1 Å². The second kappa shape index (κ2) is 5.07. The first-order valence-corrected chi connectivity index (χ1v) is 6.26. The quantitative estimate of drug-likeness (QED) is 0.851. The predicted octanol–water partition coefficient (Wildman–Crippen LogP) is 3.22. The van der Waals surface area contributed by atoms with E-state index in [1.165, 1.54) is 24.8 Å². The average molecular weight is 239 g/mol. The number of hydrogen-bond acceptors (Lipinski definition) is 2. The predicted molar refractivity (Wildman–Crippen MR) is 70.4 cm³/mol. The molecule has 0 spiro atoms. The fraction of sp³-hybridized carbons (Fsp3) is 0.538. The van der Waals surface area contributed by atoms with Crippen molar-refractivity contribution in [2.45, 2.75) is 25.3 Å². The molecule has 1 aromatic rings. The van der Waals surface area contributed by atoms with Crippen LogP contribution in [0.3, 0.4) is 0 Å². The Morgan fingerprint density at radius 3 is 2.69 bits per heavy atom. The van der Waals surface area contributed by atoms with E-state index in [1.54, 1.807) is 0 Å². The van der Waals surface area contributed by atoms with E-state index < -0.39 is 0 Å². The Morgan fingerprint density at radius 1 is 1.31 bits per heavy atom. The highest BCUT2D eigenvalue weighted by Crippen LogP contribution is 2.30. The lowest BCUT2D eigenvalue weighted by atomic mass is 9.97. The molecule has 3 heteroatoms. The van der Waals surface area contributed by atoms with Crippen molar-refractivity contribution in [2.75, 3.05) is 25.5 Å². The minimum atomic E-state index is 0.488. The molecule has 0 aromatic heterocycles. The van der Waals surface area contributed by atoms with Gasteiger partial charge < -0.3 is 10.2 Å². The molecule has 2 rings (SSSR count). The van der Waals surface area contributed by atoms with E-state index in [2.05, 4.69) is 23.5 Å². The molecule has 2 nitrogen and oxygen atoms in total. The van der Waals surface area contributed by atoms with Gasteiger partial charge in [-0.3, -0.25) is 0 Å². The second-order valence-corrected chi connectivity index (χ2v) is 5.01. The van der Waals surface area contributed by atoms with Crippen LogP contribution in [0.25, 0.3) is 0 Å². The number of rotatable bonds is 2. The maximum absolute atomic E-state index is 6.27. The van der Waals surface area contributed by atoms with E-state index in [9.17, 15) is 0 Å². The van der Waals surface area contributed by atoms with Crippen molar-refractivity contribution in [1.29, 1.82) is 0 Å². The smallest absolute Gasteiger partial charge is 0.0642 e. The fourth-order valence-electron chi connectivity index (χ4n) is 2.24. The molecule has 1 fully saturated rings. The molecule has 1 heterocycles. The Hall–Kier alpha value is -0.730. The van der Waals surface area contributed by atoms with Crippen LogP contribution >= 0.6 is 11.6 Å². The summed E-state index contributed by atoms with van der Waals surface area (Å²) in [4.78, 5) is 2.04. The SMILES string of the molecule is CN(C)c1ccc(C2CCCCN2)cc1Cl. The number of halogens is 1. The summed E-state index contributed by atoms with van der Waals surface area (Å²) in [5.41, 5.74) is 2.40. The monoisotopic (exact) mass is 238 g/mol. The van der Waals surface area contributed by atoms with Crippen molar-refractivity contribution >= 4 is 17.3 Å². The lowest BCUT2D eigenvalue weighted by molar-refractivity contribution is 0.412. The maximum Gasteiger partial charge on any atom is 0.0642 e. The molecule has 1 aliphatic rings. The minimum Gasteiger partial charge on any atom is -0.376 e. The van der Waals surface area contributed by atoms with Gasteiger partial charge in [-0.25, -0.2) is 0 Å². The summed E-state index contributed by atoms with van der Waals surface area (Å²) in [5, 5.41) is 4.38. The summed E-state index contributed by atoms with van der Waals surface area (Å²) in [6, 6.07) is 6.88. The molecule has 16 heavy (non-hydrogen) atoms. The fourth-order valence-corrected chi connectivity index (χ4v) is 2.60. The van der Waals surface area contributed by atoms with Crippen molar-refractivity contribution in [3.63, 3.8) is 0 Å². The summed E-state index contributed by atoms with van der Waals surface area (Å²) in [7, 11) is 4.03. The van der Waals surface area contributed by atoms with Crippen LogP contribution in [0.4, 0.5) is 5.69 Å². The topological polar surface area (TPSA) is 15.3 Å². The zero-order chi connectivity index (χ0) is 11.5. The number of anilines is 1. The molecule has 1 saturated heterocycles. The maximum atomic E-state index is 6.27. The third-order valence-corrected chi connectivity index (χ3v) is 3.47. The third-order valence-electron chi connectivity index (χ3n) is 3.17. The lowest BCUT2D eigenvalue weighted by Gasteiger charge is -2.25. The molecule has 0 aliphatic carbocycles. The van der Waals surface area contributed by atoms with Crippen LogP contribution in [0.2, 0.25) is 5.02 Å². The van der Waals surface area contributed by atoms with Gasteiger partial charge in [0, 0.05) is 20.1 Å². The summed E-state index contributed by atoms with van der Waals surface area (Å²) in [5.74, 6) is 0. The minimum absolute atomic E-state index is 0.488. The van der Waals surface area contributed by atoms with Gasteiger partial charge in [-0.05, 0) is 37.1 Å². The molecule has 0 saturated carbocycles. The largest absolute Gasteiger partial charge is 0.376 e. The van der Waals surface area contributed by atoms with Crippen molar-refractivity contribution in [3.05, 3.63) is 28.8 Å². The molecule has 0 bridgehead atoms. The molecule has 1 N–H and O–H groups in total. The molecule has 1 aromatic carbocycles. The van der Waals surface area contributed by atoms with Crippen LogP contribution in [0.5, 0.6) is 0 Å². The van der Waals surface area contributed by atoms with Gasteiger partial charge >= 0.3 is 0 Å². The third kappa shape index (κ3) is 2.50. The lowest BCUT2D eigenvalue weighted by Crippen LogP contribution is -2.26. The van der Waals surface area contributed by atoms with E-state index in [1.807, 2.05) is 19.0 Å². The van der Waals surface area contributed by atoms with Crippen LogP contribution in [-0.2, 0) is 0 Å². The number of benzene rings is 1. The standard InChI is InChI=1S/C13H19ClN2/c1-16(2)13-7-6-10(9-11(13)14)12-5-3-4-8-15-12/h6-7,9,12,15H,3-5,8H2,1-2H3. The van der Waals surface area contributed by atoms with E-state index in [0.29, 0.717) is 6.04 Å². The molecule has 1 aliphatic heterocycles. The number of nitrogens with zero attached hydrogens (tertiary/aromatic N) is 1. The zero-order valence-corrected chi connectivity index (χ0v) is 10.7. The highest BCUT2D eigenvalue weighted by Gasteiger charge is 2.15. The first-order chi connectivity index (χ1) is 7.68. The van der Waals surface area contributed by atoms with E-state index in [-0.39, 0.29) is 0 Å². The highest BCUT2D eigenvalue weighted by molar-refractivity contribution is 6.33. The van der Waals surface area contributed by atoms with Gasteiger partial charge in [0.1, 0.15) is 0 Å². The first kappa shape index (κ1) is 11.7. The van der Waals surface area contributed by atoms with E-state index in [0.717, 1.165) is 17.3 Å². The summed E-state index contributed by atoms with van der Waals surface area (Å²) >= 11 is 6.27. The van der Waals surface area contributed by atoms with Gasteiger partial charge in [0.05, 0.1) is 10.7 Å². The van der Waals surface area contributed by atoms with Crippen LogP contribution in [0.1, 0.15) is 30.9 Å². The van der Waals surface area contributed by atoms with E-state index >= 15 is 0 Å². The van der Waals surface area contributed by atoms with Gasteiger partial charge in [-0.2, -0.15) is 0 Å². The van der Waals surface area contributed by atoms with Crippen molar-refractivity contribution in [1.82, 2.24) is 5.32 Å². The van der Waals surface area contributed by atoms with Gasteiger partial charge in [0.2, 0.25) is 0 Å². The normalized spacial score (nSPS) is 20.8.